The van der Waals surface area contributed by atoms with Gasteiger partial charge in [-0.15, -0.1) is 0 Å². The number of nitrogens with zero attached hydrogens (tertiary/aromatic N) is 1. The van der Waals surface area contributed by atoms with E-state index in [1.807, 2.05) is 0 Å². The van der Waals surface area contributed by atoms with E-state index in [1.165, 1.54) is 30.0 Å². The zero-order valence-corrected chi connectivity index (χ0v) is 16.2. The van der Waals surface area contributed by atoms with Crippen molar-refractivity contribution in [3.63, 3.8) is 0 Å². The Morgan fingerprint density at radius 2 is 1.81 bits per heavy atom. The van der Waals surface area contributed by atoms with E-state index < -0.39 is 0 Å². The number of esters is 1. The van der Waals surface area contributed by atoms with Gasteiger partial charge in [-0.25, -0.2) is 4.79 Å². The van der Waals surface area contributed by atoms with Crippen LogP contribution in [0.5, 0.6) is 0 Å². The van der Waals surface area contributed by atoms with Crippen LogP contribution in [0.15, 0.2) is 52.4 Å². The van der Waals surface area contributed by atoms with Gasteiger partial charge in [0.15, 0.2) is 5.17 Å². The molecule has 2 aromatic carbocycles. The van der Waals surface area contributed by atoms with Crippen LogP contribution in [0.25, 0.3) is 6.08 Å². The van der Waals surface area contributed by atoms with E-state index >= 15 is 0 Å². The number of nitrogens with one attached hydrogen (secondary N) is 1. The number of amides is 1. The predicted molar refractivity (Wildman–Crippen MR) is 109 cm³/mol. The largest absolute Gasteiger partial charge is 0.465 e. The smallest absolute Gasteiger partial charge is 0.337 e. The third-order valence-electron chi connectivity index (χ3n) is 3.97. The van der Waals surface area contributed by atoms with Crippen molar-refractivity contribution in [1.82, 2.24) is 5.32 Å². The highest BCUT2D eigenvalue weighted by molar-refractivity contribution is 8.18. The number of amidine groups is 1. The minimum atomic E-state index is -0.386. The summed E-state index contributed by atoms with van der Waals surface area (Å²) in [4.78, 5) is 28.7. The molecule has 1 aliphatic rings. The first-order valence-electron chi connectivity index (χ1n) is 8.45. The van der Waals surface area contributed by atoms with E-state index in [-0.39, 0.29) is 11.9 Å². The van der Waals surface area contributed by atoms with Gasteiger partial charge in [-0.2, -0.15) is 0 Å². The second-order valence-corrected chi connectivity index (χ2v) is 7.33. The summed E-state index contributed by atoms with van der Waals surface area (Å²) in [5.41, 5.74) is 4.81. The Bertz CT molecular complexity index is 926. The highest BCUT2D eigenvalue weighted by atomic mass is 32.2. The van der Waals surface area contributed by atoms with E-state index in [2.05, 4.69) is 47.1 Å². The van der Waals surface area contributed by atoms with Crippen molar-refractivity contribution in [3.05, 3.63) is 75.2 Å². The number of rotatable bonds is 4. The minimum absolute atomic E-state index is 0.170. The summed E-state index contributed by atoms with van der Waals surface area (Å²) in [6.07, 6.45) is 1.78. The fourth-order valence-corrected chi connectivity index (χ4v) is 3.63. The summed E-state index contributed by atoms with van der Waals surface area (Å²) in [6, 6.07) is 13.2. The molecule has 6 heteroatoms. The van der Waals surface area contributed by atoms with Gasteiger partial charge in [0, 0.05) is 0 Å². The first-order chi connectivity index (χ1) is 12.9. The first kappa shape index (κ1) is 18.9. The van der Waals surface area contributed by atoms with Crippen molar-refractivity contribution in [1.29, 1.82) is 0 Å². The number of aliphatic imine (C=N–C) groups is 1. The van der Waals surface area contributed by atoms with Crippen LogP contribution in [0.3, 0.4) is 0 Å². The molecule has 27 heavy (non-hydrogen) atoms. The molecule has 0 atom stereocenters. The highest BCUT2D eigenvalue weighted by Gasteiger charge is 2.23. The average Bonchev–Trinajstić information content (AvgIpc) is 2.99. The van der Waals surface area contributed by atoms with Gasteiger partial charge in [-0.1, -0.05) is 41.5 Å². The van der Waals surface area contributed by atoms with Gasteiger partial charge in [0.25, 0.3) is 5.91 Å². The van der Waals surface area contributed by atoms with Gasteiger partial charge in [-0.05, 0) is 54.9 Å². The molecule has 1 amide bonds. The molecule has 138 valence electrons. The Hall–Kier alpha value is -2.86. The number of ether oxygens (including phenoxy) is 1. The lowest BCUT2D eigenvalue weighted by Gasteiger charge is -2.02. The maximum Gasteiger partial charge on any atom is 0.337 e. The lowest BCUT2D eigenvalue weighted by Crippen LogP contribution is -2.19. The van der Waals surface area contributed by atoms with E-state index in [9.17, 15) is 9.59 Å². The quantitative estimate of drug-likeness (QED) is 0.646. The van der Waals surface area contributed by atoms with Crippen LogP contribution in [0.2, 0.25) is 0 Å². The summed E-state index contributed by atoms with van der Waals surface area (Å²) < 4.78 is 4.68. The van der Waals surface area contributed by atoms with Crippen LogP contribution < -0.4 is 5.32 Å². The summed E-state index contributed by atoms with van der Waals surface area (Å²) >= 11 is 1.32. The number of aryl methyl sites for hydroxylation is 2. The monoisotopic (exact) mass is 380 g/mol. The molecule has 0 bridgehead atoms. The summed E-state index contributed by atoms with van der Waals surface area (Å²) in [7, 11) is 1.34. The van der Waals surface area contributed by atoms with Crippen molar-refractivity contribution >= 4 is 34.9 Å². The zero-order valence-electron chi connectivity index (χ0n) is 15.4. The van der Waals surface area contributed by atoms with Gasteiger partial charge in [0.1, 0.15) is 0 Å². The summed E-state index contributed by atoms with van der Waals surface area (Å²) in [5.74, 6) is -0.556. The minimum Gasteiger partial charge on any atom is -0.465 e. The number of hydrogen-bond acceptors (Lipinski definition) is 5. The topological polar surface area (TPSA) is 67.8 Å². The molecule has 1 heterocycles. The molecule has 1 aliphatic heterocycles. The molecule has 1 fully saturated rings. The van der Waals surface area contributed by atoms with Gasteiger partial charge in [-0.3, -0.25) is 9.79 Å². The van der Waals surface area contributed by atoms with E-state index in [4.69, 9.17) is 0 Å². The molecule has 1 N–H and O–H groups in total. The molecule has 2 aromatic rings. The second-order valence-electron chi connectivity index (χ2n) is 6.30. The number of hydrogen-bond donors (Lipinski definition) is 1. The maximum absolute atomic E-state index is 12.2. The lowest BCUT2D eigenvalue weighted by molar-refractivity contribution is -0.115. The van der Waals surface area contributed by atoms with Crippen LogP contribution in [-0.4, -0.2) is 24.2 Å². The van der Waals surface area contributed by atoms with Gasteiger partial charge in [0.05, 0.1) is 24.1 Å². The molecular weight excluding hydrogens is 360 g/mol. The molecule has 0 radical (unpaired) electrons. The molecule has 0 aromatic heterocycles. The molecule has 0 spiro atoms. The number of carbonyl (C=O) groups excluding carboxylic acids is 2. The normalized spacial score (nSPS) is 16.6. The second kappa shape index (κ2) is 8.22. The molecule has 0 saturated carbocycles. The Kier molecular flexibility index (Phi) is 5.76. The van der Waals surface area contributed by atoms with Crippen molar-refractivity contribution in [2.45, 2.75) is 20.4 Å². The van der Waals surface area contributed by atoms with E-state index in [0.29, 0.717) is 22.2 Å². The third kappa shape index (κ3) is 4.86. The Morgan fingerprint density at radius 1 is 1.15 bits per heavy atom. The van der Waals surface area contributed by atoms with Crippen LogP contribution in [0.1, 0.15) is 32.6 Å². The Labute approximate surface area is 162 Å². The van der Waals surface area contributed by atoms with Crippen LogP contribution in [0, 0.1) is 13.8 Å². The fourth-order valence-electron chi connectivity index (χ4n) is 2.81. The molecule has 3 rings (SSSR count). The third-order valence-corrected chi connectivity index (χ3v) is 4.91. The summed E-state index contributed by atoms with van der Waals surface area (Å²) in [6.45, 7) is 4.64. The number of thioether (sulfide) groups is 1. The highest BCUT2D eigenvalue weighted by Crippen LogP contribution is 2.26. The maximum atomic E-state index is 12.2. The van der Waals surface area contributed by atoms with Crippen LogP contribution in [0.4, 0.5) is 0 Å². The fraction of sp³-hybridized carbons (Fsp3) is 0.190. The Morgan fingerprint density at radius 3 is 2.44 bits per heavy atom. The van der Waals surface area contributed by atoms with Crippen molar-refractivity contribution in [2.24, 2.45) is 4.99 Å². The number of methoxy groups -OCH3 is 1. The molecular formula is C21H20N2O3S. The van der Waals surface area contributed by atoms with E-state index in [1.54, 1.807) is 30.3 Å². The predicted octanol–water partition coefficient (Wildman–Crippen LogP) is 3.85. The molecule has 0 aliphatic carbocycles. The van der Waals surface area contributed by atoms with Crippen LogP contribution >= 0.6 is 11.8 Å². The molecule has 5 nitrogen and oxygen atoms in total. The SMILES string of the molecule is COC(=O)c1ccc(/C=C2\SC(=NCc3cc(C)cc(C)c3)NC2=O)cc1. The number of carbonyl (C=O) groups is 2. The van der Waals surface area contributed by atoms with E-state index in [0.717, 1.165) is 11.1 Å². The lowest BCUT2D eigenvalue weighted by atomic mass is 10.1. The van der Waals surface area contributed by atoms with Crippen LogP contribution in [-0.2, 0) is 16.1 Å². The van der Waals surface area contributed by atoms with Gasteiger partial charge < -0.3 is 10.1 Å². The van der Waals surface area contributed by atoms with Crippen molar-refractivity contribution in [2.75, 3.05) is 7.11 Å². The zero-order chi connectivity index (χ0) is 19.4. The molecule has 1 saturated heterocycles. The van der Waals surface area contributed by atoms with Gasteiger partial charge >= 0.3 is 5.97 Å². The van der Waals surface area contributed by atoms with Crippen molar-refractivity contribution in [3.8, 4) is 0 Å². The Balaban J connectivity index is 1.71. The van der Waals surface area contributed by atoms with Crippen molar-refractivity contribution < 1.29 is 14.3 Å². The van der Waals surface area contributed by atoms with Gasteiger partial charge in [0.2, 0.25) is 0 Å². The number of benzene rings is 2. The molecule has 0 unspecified atom stereocenters. The first-order valence-corrected chi connectivity index (χ1v) is 9.27. The summed E-state index contributed by atoms with van der Waals surface area (Å²) in [5, 5.41) is 3.39. The average molecular weight is 380 g/mol. The standard InChI is InChI=1S/C21H20N2O3S/c1-13-8-14(2)10-16(9-13)12-22-21-23-19(24)18(27-21)11-15-4-6-17(7-5-15)20(25)26-3/h4-11H,12H2,1-3H3,(H,22,23,24)/b18-11-.